The van der Waals surface area contributed by atoms with Gasteiger partial charge in [0.1, 0.15) is 18.8 Å². The van der Waals surface area contributed by atoms with Crippen LogP contribution in [-0.4, -0.2) is 72.4 Å². The third-order valence-corrected chi connectivity index (χ3v) is 6.19. The van der Waals surface area contributed by atoms with Gasteiger partial charge in [-0.05, 0) is 55.9 Å². The molecular weight excluding hydrogens is 505 g/mol. The van der Waals surface area contributed by atoms with Crippen LogP contribution in [0, 0.1) is 5.92 Å². The number of nitrogens with zero attached hydrogens (tertiary/aromatic N) is 2. The molecule has 1 aromatic carbocycles. The molecule has 204 valence electrons. The Bertz CT molecular complexity index is 986. The average Bonchev–Trinajstić information content (AvgIpc) is 3.34. The van der Waals surface area contributed by atoms with Crippen LogP contribution in [0.15, 0.2) is 29.3 Å². The van der Waals surface area contributed by atoms with Crippen LogP contribution in [0.3, 0.4) is 0 Å². The second-order valence-corrected chi connectivity index (χ2v) is 9.56. The fourth-order valence-corrected chi connectivity index (χ4v) is 4.14. The van der Waals surface area contributed by atoms with Crippen molar-refractivity contribution in [3.63, 3.8) is 0 Å². The first-order valence-corrected chi connectivity index (χ1v) is 12.5. The first-order valence-electron chi connectivity index (χ1n) is 12.1. The summed E-state index contributed by atoms with van der Waals surface area (Å²) in [5.41, 5.74) is 11.1. The number of anilines is 1. The van der Waals surface area contributed by atoms with Gasteiger partial charge in [-0.25, -0.2) is 9.18 Å². The minimum atomic E-state index is -1.23. The molecule has 0 spiro atoms. The zero-order valence-electron chi connectivity index (χ0n) is 21.0. The Morgan fingerprint density at radius 1 is 1.16 bits per heavy atom. The summed E-state index contributed by atoms with van der Waals surface area (Å²) < 4.78 is 13.1. The maximum Gasteiger partial charge on any atom is 0.319 e. The Kier molecular flexibility index (Phi) is 11.6. The largest absolute Gasteiger partial charge is 0.370 e. The molecule has 2 rings (SSSR count). The van der Waals surface area contributed by atoms with Crippen molar-refractivity contribution in [1.82, 2.24) is 15.5 Å². The predicted molar refractivity (Wildman–Crippen MR) is 140 cm³/mol. The summed E-state index contributed by atoms with van der Waals surface area (Å²) in [6, 6.07) is 3.11. The molecule has 4 amide bonds. The van der Waals surface area contributed by atoms with E-state index >= 15 is 0 Å². The zero-order valence-corrected chi connectivity index (χ0v) is 21.8. The van der Waals surface area contributed by atoms with Crippen LogP contribution in [0.5, 0.6) is 0 Å². The molecule has 0 aliphatic carbocycles. The van der Waals surface area contributed by atoms with Crippen molar-refractivity contribution < 1.29 is 23.6 Å². The second kappa shape index (κ2) is 14.4. The lowest BCUT2D eigenvalue weighted by Gasteiger charge is -2.31. The lowest BCUT2D eigenvalue weighted by Crippen LogP contribution is -2.57. The molecule has 7 N–H and O–H groups in total. The number of nitrogens with two attached hydrogens (primary N) is 2. The highest BCUT2D eigenvalue weighted by Gasteiger charge is 2.39. The average molecular weight is 540 g/mol. The van der Waals surface area contributed by atoms with E-state index in [9.17, 15) is 23.6 Å². The highest BCUT2D eigenvalue weighted by molar-refractivity contribution is 6.30. The lowest BCUT2D eigenvalue weighted by atomic mass is 10.0. The highest BCUT2D eigenvalue weighted by Crippen LogP contribution is 2.21. The Balaban J connectivity index is 2.05. The number of halogens is 2. The molecule has 3 atom stereocenters. The van der Waals surface area contributed by atoms with E-state index in [1.54, 1.807) is 38.1 Å². The molecule has 13 heteroatoms. The fraction of sp³-hybridized carbons (Fsp3) is 0.542. The SMILES string of the molecule is CC(C)C(NC(=O)Nc1ccc(Cl)cc1)C(=O)N1CCC[C@H]1C(=O)N[C@@H](CCCN=C(N)N)C(=O)CF. The van der Waals surface area contributed by atoms with Crippen molar-refractivity contribution in [2.45, 2.75) is 57.7 Å². The number of likely N-dealkylation sites (tertiary alicyclic amines) is 1. The van der Waals surface area contributed by atoms with Crippen LogP contribution in [0.4, 0.5) is 14.9 Å². The van der Waals surface area contributed by atoms with E-state index in [1.807, 2.05) is 0 Å². The molecule has 11 nitrogen and oxygen atoms in total. The summed E-state index contributed by atoms with van der Waals surface area (Å²) in [4.78, 5) is 56.3. The molecule has 1 aliphatic rings. The van der Waals surface area contributed by atoms with Gasteiger partial charge in [0.15, 0.2) is 11.7 Å². The molecular formula is C24H35ClFN7O4. The van der Waals surface area contributed by atoms with Gasteiger partial charge in [-0.2, -0.15) is 0 Å². The monoisotopic (exact) mass is 539 g/mol. The summed E-state index contributed by atoms with van der Waals surface area (Å²) in [5, 5.41) is 8.44. The summed E-state index contributed by atoms with van der Waals surface area (Å²) >= 11 is 5.86. The number of amides is 4. The number of ketones is 1. The number of Topliss-reactive ketones (excluding diaryl/α,β-unsaturated/α-hetero) is 1. The lowest BCUT2D eigenvalue weighted by molar-refractivity contribution is -0.141. The van der Waals surface area contributed by atoms with E-state index in [1.165, 1.54) is 4.90 Å². The molecule has 37 heavy (non-hydrogen) atoms. The minimum absolute atomic E-state index is 0.104. The molecule has 0 aromatic heterocycles. The Hall–Kier alpha value is -3.41. The molecule has 1 aromatic rings. The number of hydrogen-bond acceptors (Lipinski definition) is 5. The first kappa shape index (κ1) is 29.8. The van der Waals surface area contributed by atoms with Crippen molar-refractivity contribution in [3.05, 3.63) is 29.3 Å². The van der Waals surface area contributed by atoms with Gasteiger partial charge in [0.05, 0.1) is 6.04 Å². The van der Waals surface area contributed by atoms with Gasteiger partial charge in [0.25, 0.3) is 0 Å². The summed E-state index contributed by atoms with van der Waals surface area (Å²) in [6.07, 6.45) is 1.44. The molecule has 1 saturated heterocycles. The van der Waals surface area contributed by atoms with Gasteiger partial charge in [-0.3, -0.25) is 19.4 Å². The van der Waals surface area contributed by atoms with Crippen molar-refractivity contribution >= 4 is 46.9 Å². The molecule has 1 unspecified atom stereocenters. The zero-order chi connectivity index (χ0) is 27.5. The van der Waals surface area contributed by atoms with E-state index in [4.69, 9.17) is 23.1 Å². The molecule has 0 saturated carbocycles. The Labute approximate surface area is 220 Å². The third-order valence-electron chi connectivity index (χ3n) is 5.94. The molecule has 0 bridgehead atoms. The van der Waals surface area contributed by atoms with Crippen molar-refractivity contribution in [3.8, 4) is 0 Å². The third kappa shape index (κ3) is 9.19. The highest BCUT2D eigenvalue weighted by atomic mass is 35.5. The van der Waals surface area contributed by atoms with Crippen molar-refractivity contribution in [1.29, 1.82) is 0 Å². The number of hydrogen-bond donors (Lipinski definition) is 5. The number of urea groups is 1. The van der Waals surface area contributed by atoms with Crippen LogP contribution in [0.25, 0.3) is 0 Å². The summed E-state index contributed by atoms with van der Waals surface area (Å²) in [6.45, 7) is 2.86. The fourth-order valence-electron chi connectivity index (χ4n) is 4.02. The molecule has 1 fully saturated rings. The Morgan fingerprint density at radius 2 is 1.84 bits per heavy atom. The molecule has 0 radical (unpaired) electrons. The van der Waals surface area contributed by atoms with E-state index < -0.39 is 48.4 Å². The maximum absolute atomic E-state index is 13.4. The van der Waals surface area contributed by atoms with Gasteiger partial charge in [0.2, 0.25) is 11.8 Å². The van der Waals surface area contributed by atoms with Crippen LogP contribution >= 0.6 is 11.6 Å². The van der Waals surface area contributed by atoms with Gasteiger partial charge in [-0.1, -0.05) is 25.4 Å². The number of benzene rings is 1. The molecule has 1 aliphatic heterocycles. The number of guanidine groups is 1. The number of rotatable bonds is 12. The van der Waals surface area contributed by atoms with Crippen LogP contribution in [0.1, 0.15) is 39.5 Å². The van der Waals surface area contributed by atoms with Gasteiger partial charge in [-0.15, -0.1) is 0 Å². The van der Waals surface area contributed by atoms with Crippen LogP contribution in [0.2, 0.25) is 5.02 Å². The number of alkyl halides is 1. The van der Waals surface area contributed by atoms with Crippen molar-refractivity contribution in [2.24, 2.45) is 22.4 Å². The van der Waals surface area contributed by atoms with Gasteiger partial charge >= 0.3 is 6.03 Å². The van der Waals surface area contributed by atoms with Crippen LogP contribution in [-0.2, 0) is 14.4 Å². The number of aliphatic imine (C=N–C) groups is 1. The minimum Gasteiger partial charge on any atom is -0.370 e. The summed E-state index contributed by atoms with van der Waals surface area (Å²) in [5.74, 6) is -2.11. The van der Waals surface area contributed by atoms with E-state index in [0.29, 0.717) is 36.5 Å². The number of nitrogens with one attached hydrogen (secondary N) is 3. The number of carbonyl (C=O) groups is 4. The quantitative estimate of drug-likeness (QED) is 0.153. The molecule has 1 heterocycles. The van der Waals surface area contributed by atoms with Gasteiger partial charge in [0, 0.05) is 23.8 Å². The first-order chi connectivity index (χ1) is 17.5. The van der Waals surface area contributed by atoms with Crippen LogP contribution < -0.4 is 27.4 Å². The Morgan fingerprint density at radius 3 is 2.43 bits per heavy atom. The van der Waals surface area contributed by atoms with E-state index in [-0.39, 0.29) is 24.8 Å². The summed E-state index contributed by atoms with van der Waals surface area (Å²) in [7, 11) is 0. The topological polar surface area (TPSA) is 172 Å². The predicted octanol–water partition coefficient (Wildman–Crippen LogP) is 1.55. The van der Waals surface area contributed by atoms with Gasteiger partial charge < -0.3 is 32.3 Å². The van der Waals surface area contributed by atoms with Crippen molar-refractivity contribution in [2.75, 3.05) is 25.1 Å². The second-order valence-electron chi connectivity index (χ2n) is 9.13. The standard InChI is InChI=1S/C24H35ClFN7O4/c1-14(2)20(32-24(37)30-16-9-7-15(25)8-10-16)22(36)33-12-4-6-18(33)21(35)31-17(19(34)13-26)5-3-11-29-23(27)28/h7-10,14,17-18,20H,3-6,11-13H2,1-2H3,(H,31,35)(H4,27,28,29)(H2,30,32,37)/t17-,18-,20?/m0/s1. The van der Waals surface area contributed by atoms with E-state index in [0.717, 1.165) is 0 Å². The maximum atomic E-state index is 13.4. The smallest absolute Gasteiger partial charge is 0.319 e. The normalized spacial score (nSPS) is 16.6. The van der Waals surface area contributed by atoms with E-state index in [2.05, 4.69) is 20.9 Å². The number of carbonyl (C=O) groups excluding carboxylic acids is 4.